The number of hydrogen-bond acceptors (Lipinski definition) is 3. The predicted octanol–water partition coefficient (Wildman–Crippen LogP) is 3.86. The van der Waals surface area contributed by atoms with Gasteiger partial charge < -0.3 is 5.32 Å². The quantitative estimate of drug-likeness (QED) is 0.568. The molecule has 23 heavy (non-hydrogen) atoms. The Morgan fingerprint density at radius 3 is 2.43 bits per heavy atom. The van der Waals surface area contributed by atoms with Gasteiger partial charge in [-0.05, 0) is 18.6 Å². The summed E-state index contributed by atoms with van der Waals surface area (Å²) in [6, 6.07) is 16.5. The molecule has 3 aromatic rings. The summed E-state index contributed by atoms with van der Waals surface area (Å²) >= 11 is 0. The molecule has 0 amide bonds. The summed E-state index contributed by atoms with van der Waals surface area (Å²) in [7, 11) is 0.0310. The molecular formula is C18H20N4S. The first-order valence-electron chi connectivity index (χ1n) is 8.04. The Morgan fingerprint density at radius 1 is 1.13 bits per heavy atom. The molecule has 2 unspecified atom stereocenters. The summed E-state index contributed by atoms with van der Waals surface area (Å²) < 4.78 is 4.83. The summed E-state index contributed by atoms with van der Waals surface area (Å²) in [6.07, 6.45) is 1.12. The number of pyridine rings is 1. The number of hydrogen-bond donors (Lipinski definition) is 2. The van der Waals surface area contributed by atoms with Crippen molar-refractivity contribution in [3.63, 3.8) is 0 Å². The molecule has 0 radical (unpaired) electrons. The van der Waals surface area contributed by atoms with Crippen molar-refractivity contribution in [2.75, 3.05) is 17.7 Å². The van der Waals surface area contributed by atoms with Gasteiger partial charge in [-0.2, -0.15) is 4.47 Å². The Bertz CT molecular complexity index is 836. The third-order valence-electron chi connectivity index (χ3n) is 4.24. The van der Waals surface area contributed by atoms with Gasteiger partial charge in [0, 0.05) is 23.1 Å². The number of fused-ring (bicyclic) bond motifs is 2. The van der Waals surface area contributed by atoms with Crippen molar-refractivity contribution >= 4 is 38.2 Å². The molecule has 0 bridgehead atoms. The monoisotopic (exact) mass is 324 g/mol. The van der Waals surface area contributed by atoms with Crippen LogP contribution in [0, 0.1) is 0 Å². The van der Waals surface area contributed by atoms with Crippen molar-refractivity contribution in [1.29, 1.82) is 0 Å². The van der Waals surface area contributed by atoms with E-state index in [2.05, 4.69) is 54.1 Å². The van der Waals surface area contributed by atoms with E-state index in [1.165, 1.54) is 0 Å². The van der Waals surface area contributed by atoms with Crippen LogP contribution in [0.4, 0.5) is 5.69 Å². The van der Waals surface area contributed by atoms with Crippen molar-refractivity contribution in [3.05, 3.63) is 48.5 Å². The summed E-state index contributed by atoms with van der Waals surface area (Å²) in [4.78, 5) is 4.76. The fourth-order valence-electron chi connectivity index (χ4n) is 3.07. The number of aromatic nitrogens is 1. The molecule has 5 heteroatoms. The van der Waals surface area contributed by atoms with E-state index in [4.69, 9.17) is 9.46 Å². The lowest BCUT2D eigenvalue weighted by Gasteiger charge is -2.13. The van der Waals surface area contributed by atoms with Crippen LogP contribution in [0.2, 0.25) is 0 Å². The van der Waals surface area contributed by atoms with E-state index in [9.17, 15) is 0 Å². The summed E-state index contributed by atoms with van der Waals surface area (Å²) in [5, 5.41) is 6.28. The SMILES string of the molecule is CCC1NCC/S1=N\Nc1c2ccccc2nc2ccccc12. The van der Waals surface area contributed by atoms with Gasteiger partial charge in [0.15, 0.2) is 0 Å². The zero-order valence-corrected chi connectivity index (χ0v) is 13.9. The number of nitrogens with zero attached hydrogens (tertiary/aromatic N) is 2. The molecule has 2 atom stereocenters. The van der Waals surface area contributed by atoms with Crippen LogP contribution in [-0.2, 0) is 10.7 Å². The third kappa shape index (κ3) is 2.71. The number of para-hydroxylation sites is 2. The Morgan fingerprint density at radius 2 is 1.78 bits per heavy atom. The molecule has 4 nitrogen and oxygen atoms in total. The molecule has 0 spiro atoms. The maximum Gasteiger partial charge on any atom is 0.0755 e. The zero-order valence-electron chi connectivity index (χ0n) is 13.1. The molecule has 0 aliphatic carbocycles. The lowest BCUT2D eigenvalue weighted by molar-refractivity contribution is 0.690. The predicted molar refractivity (Wildman–Crippen MR) is 99.6 cm³/mol. The molecule has 1 saturated heterocycles. The van der Waals surface area contributed by atoms with Crippen molar-refractivity contribution < 1.29 is 0 Å². The van der Waals surface area contributed by atoms with E-state index >= 15 is 0 Å². The van der Waals surface area contributed by atoms with Gasteiger partial charge in [-0.15, -0.1) is 0 Å². The number of rotatable bonds is 3. The second-order valence-corrected chi connectivity index (χ2v) is 7.64. The minimum atomic E-state index is 0.0310. The highest BCUT2D eigenvalue weighted by Crippen LogP contribution is 2.30. The molecule has 118 valence electrons. The van der Waals surface area contributed by atoms with Crippen LogP contribution in [-0.4, -0.2) is 22.7 Å². The van der Waals surface area contributed by atoms with Crippen LogP contribution in [0.25, 0.3) is 21.8 Å². The van der Waals surface area contributed by atoms with Crippen molar-refractivity contribution in [3.8, 4) is 0 Å². The standard InChI is InChI=1S/C18H20N4S/c1-2-17-19-11-12-23(17)22-21-18-13-7-3-5-9-15(13)20-16-10-6-4-8-14(16)18/h3-10,17,19H,2,11-12H2,1H3,(H,20,21). The van der Waals surface area contributed by atoms with Gasteiger partial charge in [-0.1, -0.05) is 54.0 Å². The summed E-state index contributed by atoms with van der Waals surface area (Å²) in [6.45, 7) is 3.28. The van der Waals surface area contributed by atoms with Gasteiger partial charge in [-0.25, -0.2) is 4.98 Å². The van der Waals surface area contributed by atoms with E-state index < -0.39 is 0 Å². The van der Waals surface area contributed by atoms with Crippen LogP contribution in [0.3, 0.4) is 0 Å². The number of anilines is 1. The second kappa shape index (κ2) is 6.26. The van der Waals surface area contributed by atoms with Crippen molar-refractivity contribution in [2.24, 2.45) is 4.47 Å². The van der Waals surface area contributed by atoms with E-state index in [1.54, 1.807) is 0 Å². The Balaban J connectivity index is 1.85. The molecule has 2 N–H and O–H groups in total. The molecule has 2 heterocycles. The van der Waals surface area contributed by atoms with E-state index in [0.29, 0.717) is 5.37 Å². The van der Waals surface area contributed by atoms with Gasteiger partial charge in [0.05, 0.1) is 22.1 Å². The second-order valence-electron chi connectivity index (χ2n) is 5.68. The normalized spacial score (nSPS) is 21.3. The van der Waals surface area contributed by atoms with Gasteiger partial charge in [-0.3, -0.25) is 5.43 Å². The fraction of sp³-hybridized carbons (Fsp3) is 0.278. The van der Waals surface area contributed by atoms with Gasteiger partial charge in [0.2, 0.25) is 0 Å². The largest absolute Gasteiger partial charge is 0.304 e. The van der Waals surface area contributed by atoms with Gasteiger partial charge >= 0.3 is 0 Å². The first-order valence-corrected chi connectivity index (χ1v) is 9.45. The van der Waals surface area contributed by atoms with E-state index in [0.717, 1.165) is 46.2 Å². The molecule has 2 aromatic carbocycles. The Labute approximate surface area is 138 Å². The molecular weight excluding hydrogens is 304 g/mol. The molecule has 1 aliphatic heterocycles. The van der Waals surface area contributed by atoms with Crippen LogP contribution < -0.4 is 10.7 Å². The van der Waals surface area contributed by atoms with Gasteiger partial charge in [0.25, 0.3) is 0 Å². The topological polar surface area (TPSA) is 49.3 Å². The Kier molecular flexibility index (Phi) is 3.97. The summed E-state index contributed by atoms with van der Waals surface area (Å²) in [5.74, 6) is 1.12. The maximum absolute atomic E-state index is 4.83. The summed E-state index contributed by atoms with van der Waals surface area (Å²) in [5.41, 5.74) is 6.47. The minimum Gasteiger partial charge on any atom is -0.304 e. The van der Waals surface area contributed by atoms with Crippen LogP contribution in [0.1, 0.15) is 13.3 Å². The van der Waals surface area contributed by atoms with Crippen LogP contribution in [0.5, 0.6) is 0 Å². The maximum atomic E-state index is 4.83. The molecule has 4 rings (SSSR count). The average Bonchev–Trinajstić information content (AvgIpc) is 3.06. The lowest BCUT2D eigenvalue weighted by Crippen LogP contribution is -2.22. The molecule has 1 aliphatic rings. The van der Waals surface area contributed by atoms with E-state index in [1.807, 2.05) is 12.1 Å². The first-order chi connectivity index (χ1) is 11.4. The smallest absolute Gasteiger partial charge is 0.0755 e. The lowest BCUT2D eigenvalue weighted by atomic mass is 10.1. The van der Waals surface area contributed by atoms with Crippen molar-refractivity contribution in [1.82, 2.24) is 10.3 Å². The van der Waals surface area contributed by atoms with Crippen LogP contribution in [0.15, 0.2) is 53.0 Å². The fourth-order valence-corrected chi connectivity index (χ4v) is 4.81. The highest BCUT2D eigenvalue weighted by Gasteiger charge is 2.18. The number of benzene rings is 2. The average molecular weight is 324 g/mol. The Hall–Kier alpha value is -1.98. The van der Waals surface area contributed by atoms with Crippen LogP contribution >= 0.6 is 0 Å². The zero-order chi connectivity index (χ0) is 15.6. The minimum absolute atomic E-state index is 0.0310. The number of nitrogens with one attached hydrogen (secondary N) is 2. The highest BCUT2D eigenvalue weighted by molar-refractivity contribution is 7.88. The third-order valence-corrected chi connectivity index (χ3v) is 6.35. The molecule has 0 saturated carbocycles. The first kappa shape index (κ1) is 14.6. The van der Waals surface area contributed by atoms with E-state index in [-0.39, 0.29) is 10.7 Å². The van der Waals surface area contributed by atoms with Crippen molar-refractivity contribution in [2.45, 2.75) is 18.7 Å². The molecule has 1 fully saturated rings. The molecule has 1 aromatic heterocycles. The highest BCUT2D eigenvalue weighted by atomic mass is 32.2. The van der Waals surface area contributed by atoms with Gasteiger partial charge in [0.1, 0.15) is 0 Å².